The SMILES string of the molecule is CCCS(=O)(=O)NC(NS(C)(=O)=O)(NS(=O)(=O)CC)S(=O)(=O)N(N(NCC)S(=O)(=O)CCCC(N)NC)C(NS(=O)(=O)OCc1ccccc1)(N(C)C)N(CC)CC. The number of rotatable bonds is 30. The Labute approximate surface area is 345 Å². The van der Waals surface area contributed by atoms with Crippen LogP contribution in [0.15, 0.2) is 30.3 Å². The second kappa shape index (κ2) is 22.0. The van der Waals surface area contributed by atoms with E-state index in [1.54, 1.807) is 32.4 Å². The van der Waals surface area contributed by atoms with Crippen molar-refractivity contribution in [1.29, 1.82) is 0 Å². The Kier molecular flexibility index (Phi) is 20.6. The average Bonchev–Trinajstić information content (AvgIpc) is 3.09. The lowest BCUT2D eigenvalue weighted by Crippen LogP contribution is -2.86. The van der Waals surface area contributed by atoms with E-state index in [1.807, 2.05) is 0 Å². The van der Waals surface area contributed by atoms with E-state index in [-0.39, 0.29) is 41.3 Å². The summed E-state index contributed by atoms with van der Waals surface area (Å²) in [6.07, 6.45) is -0.797. The predicted molar refractivity (Wildman–Crippen MR) is 219 cm³/mol. The maximum atomic E-state index is 15.9. The molecule has 0 spiro atoms. The van der Waals surface area contributed by atoms with Gasteiger partial charge in [-0.05, 0) is 70.5 Å². The first-order chi connectivity index (χ1) is 26.5. The largest absolute Gasteiger partial charge is 0.339 e. The van der Waals surface area contributed by atoms with Crippen molar-refractivity contribution in [2.75, 3.05) is 64.3 Å². The summed E-state index contributed by atoms with van der Waals surface area (Å²) in [5.74, 6) is -5.90. The normalized spacial score (nSPS) is 16.5. The second-order valence-electron chi connectivity index (χ2n) is 12.8. The third kappa shape index (κ3) is 14.8. The molecule has 0 amide bonds. The molecule has 0 aliphatic heterocycles. The van der Waals surface area contributed by atoms with Gasteiger partial charge < -0.3 is 11.1 Å². The maximum Gasteiger partial charge on any atom is 0.339 e. The average molecular weight is 952 g/mol. The molecular weight excluding hydrogens is 891 g/mol. The van der Waals surface area contributed by atoms with Crippen LogP contribution in [0, 0.1) is 0 Å². The van der Waals surface area contributed by atoms with Crippen LogP contribution in [-0.2, 0) is 71.2 Å². The van der Waals surface area contributed by atoms with Crippen LogP contribution in [0.5, 0.6) is 0 Å². The van der Waals surface area contributed by atoms with Crippen LogP contribution in [0.2, 0.25) is 0 Å². The molecule has 0 fully saturated rings. The maximum absolute atomic E-state index is 15.9. The highest BCUT2D eigenvalue weighted by Crippen LogP contribution is 2.33. The minimum Gasteiger partial charge on any atom is -0.316 e. The molecule has 342 valence electrons. The van der Waals surface area contributed by atoms with E-state index < -0.39 is 108 Å². The minimum absolute atomic E-state index is 0.00392. The van der Waals surface area contributed by atoms with E-state index >= 15 is 8.42 Å². The Morgan fingerprint density at radius 2 is 1.33 bits per heavy atom. The van der Waals surface area contributed by atoms with Crippen molar-refractivity contribution in [3.63, 3.8) is 0 Å². The quantitative estimate of drug-likeness (QED) is 0.0298. The standard InChI is InChI=1S/C28H61N11O13S6/c1-10-22-55(44,45)34-27(32-53(9,40)41,33-54(42,43)14-5)57(48,49)38(39(31-11-2)56(46,47)23-18-21-26(29)30-6)28(36(7)8,37(12-3)13-4)35-58(50,51)52-24-25-19-16-15-17-20-25/h15-17,19-20,26,30-35H,10-14,18,21-24,29H2,1-9H3. The van der Waals surface area contributed by atoms with Gasteiger partial charge in [0.25, 0.3) is 15.1 Å². The number of hydrogen-bond donors (Lipinski definition) is 7. The van der Waals surface area contributed by atoms with Gasteiger partial charge in [0.2, 0.25) is 46.0 Å². The lowest BCUT2D eigenvalue weighted by molar-refractivity contribution is -0.181. The fourth-order valence-corrected chi connectivity index (χ4v) is 14.7. The Morgan fingerprint density at radius 3 is 1.78 bits per heavy atom. The monoisotopic (exact) mass is 951 g/mol. The number of sulfonamides is 5. The highest BCUT2D eigenvalue weighted by molar-refractivity contribution is 7.97. The third-order valence-corrected chi connectivity index (χ3v) is 16.6. The molecule has 3 atom stereocenters. The molecule has 58 heavy (non-hydrogen) atoms. The van der Waals surface area contributed by atoms with Crippen LogP contribution in [-0.4, -0.2) is 151 Å². The number of benzene rings is 1. The molecule has 3 unspecified atom stereocenters. The third-order valence-electron chi connectivity index (χ3n) is 7.99. The van der Waals surface area contributed by atoms with Gasteiger partial charge in [-0.15, -0.1) is 4.72 Å². The molecule has 24 nitrogen and oxygen atoms in total. The Balaban J connectivity index is 4.82. The summed E-state index contributed by atoms with van der Waals surface area (Å²) in [5.41, 5.74) is 8.63. The summed E-state index contributed by atoms with van der Waals surface area (Å²) >= 11 is 0. The number of nitrogens with one attached hydrogen (secondary N) is 6. The van der Waals surface area contributed by atoms with Crippen molar-refractivity contribution < 1.29 is 54.7 Å². The molecule has 0 aliphatic rings. The van der Waals surface area contributed by atoms with Crippen LogP contribution < -0.4 is 35.4 Å². The second-order valence-corrected chi connectivity index (χ2v) is 23.6. The van der Waals surface area contributed by atoms with Gasteiger partial charge in [-0.1, -0.05) is 62.4 Å². The molecule has 0 heterocycles. The first-order valence-corrected chi connectivity index (χ1v) is 27.6. The fraction of sp³-hybridized carbons (Fsp3) is 0.786. The number of hydrazine groups is 2. The van der Waals surface area contributed by atoms with Gasteiger partial charge in [-0.2, -0.15) is 22.6 Å². The molecule has 1 aromatic carbocycles. The van der Waals surface area contributed by atoms with Crippen LogP contribution in [0.4, 0.5) is 0 Å². The van der Waals surface area contributed by atoms with Crippen molar-refractivity contribution in [1.82, 2.24) is 48.4 Å². The van der Waals surface area contributed by atoms with Gasteiger partial charge in [0.1, 0.15) is 0 Å². The predicted octanol–water partition coefficient (Wildman–Crippen LogP) is -3.03. The minimum atomic E-state index is -6.47. The highest BCUT2D eigenvalue weighted by Gasteiger charge is 2.65. The molecule has 0 saturated carbocycles. The smallest absolute Gasteiger partial charge is 0.316 e. The molecular formula is C28H61N11O13S6. The van der Waals surface area contributed by atoms with E-state index in [9.17, 15) is 42.1 Å². The molecule has 30 heteroatoms. The fourth-order valence-electron chi connectivity index (χ4n) is 5.31. The van der Waals surface area contributed by atoms with Crippen molar-refractivity contribution >= 4 is 60.4 Å². The van der Waals surface area contributed by atoms with Crippen LogP contribution in [0.3, 0.4) is 0 Å². The van der Waals surface area contributed by atoms with E-state index in [0.29, 0.717) is 11.8 Å². The van der Waals surface area contributed by atoms with E-state index in [0.717, 1.165) is 30.8 Å². The zero-order valence-electron chi connectivity index (χ0n) is 34.2. The van der Waals surface area contributed by atoms with Gasteiger partial charge in [-0.25, -0.2) is 47.5 Å². The topological polar surface area (TPSA) is 325 Å². The van der Waals surface area contributed by atoms with Gasteiger partial charge in [-0.3, -0.25) is 14.0 Å². The van der Waals surface area contributed by atoms with Gasteiger partial charge in [0, 0.05) is 6.54 Å². The Hall–Kier alpha value is -1.56. The Morgan fingerprint density at radius 1 is 0.776 bits per heavy atom. The van der Waals surface area contributed by atoms with Crippen LogP contribution in [0.25, 0.3) is 0 Å². The van der Waals surface area contributed by atoms with Gasteiger partial charge in [0.05, 0.1) is 36.3 Å². The van der Waals surface area contributed by atoms with Crippen molar-refractivity contribution in [3.05, 3.63) is 35.9 Å². The number of nitrogens with two attached hydrogens (primary N) is 1. The van der Waals surface area contributed by atoms with E-state index in [4.69, 9.17) is 9.92 Å². The molecule has 0 radical (unpaired) electrons. The summed E-state index contributed by atoms with van der Waals surface area (Å²) in [6, 6.07) is 7.85. The van der Waals surface area contributed by atoms with E-state index in [2.05, 4.69) is 15.5 Å². The summed E-state index contributed by atoms with van der Waals surface area (Å²) in [5, 5.41) is -1.43. The Bertz CT molecular complexity index is 2130. The molecule has 0 aliphatic carbocycles. The van der Waals surface area contributed by atoms with Crippen LogP contribution in [0.1, 0.15) is 59.4 Å². The molecule has 1 aromatic rings. The lowest BCUT2D eigenvalue weighted by atomic mass is 10.2. The zero-order chi connectivity index (χ0) is 45.0. The van der Waals surface area contributed by atoms with E-state index in [1.165, 1.54) is 46.9 Å². The van der Waals surface area contributed by atoms with Crippen molar-refractivity contribution in [3.8, 4) is 0 Å². The molecule has 8 N–H and O–H groups in total. The molecule has 0 bridgehead atoms. The molecule has 1 rings (SSSR count). The highest BCUT2D eigenvalue weighted by atomic mass is 32.2. The first-order valence-electron chi connectivity index (χ1n) is 17.9. The number of hydrogen-bond acceptors (Lipinski definition) is 18. The van der Waals surface area contributed by atoms with Crippen molar-refractivity contribution in [2.45, 2.75) is 77.7 Å². The van der Waals surface area contributed by atoms with Gasteiger partial charge in [0.15, 0.2) is 0 Å². The molecule has 0 aromatic heterocycles. The first kappa shape index (κ1) is 54.5. The number of nitrogens with zero attached hydrogens (tertiary/aromatic N) is 4. The van der Waals surface area contributed by atoms with Crippen LogP contribution >= 0.6 is 0 Å². The summed E-state index contributed by atoms with van der Waals surface area (Å²) < 4.78 is 182. The van der Waals surface area contributed by atoms with Gasteiger partial charge >= 0.3 is 10.3 Å². The molecule has 0 saturated heterocycles. The summed E-state index contributed by atoms with van der Waals surface area (Å²) in [6.45, 7) is 4.89. The summed E-state index contributed by atoms with van der Waals surface area (Å²) in [4.78, 5) is 1.93. The van der Waals surface area contributed by atoms with Crippen molar-refractivity contribution in [2.24, 2.45) is 5.73 Å². The lowest BCUT2D eigenvalue weighted by Gasteiger charge is -2.55. The summed E-state index contributed by atoms with van der Waals surface area (Å²) in [7, 11) is -28.3. The zero-order valence-corrected chi connectivity index (χ0v) is 39.1.